The molecule has 1 aliphatic rings. The summed E-state index contributed by atoms with van der Waals surface area (Å²) < 4.78 is 0. The van der Waals surface area contributed by atoms with Crippen LogP contribution in [-0.2, 0) is 0 Å². The predicted molar refractivity (Wildman–Crippen MR) is 108 cm³/mol. The molecular formula is C21H28N4O. The summed E-state index contributed by atoms with van der Waals surface area (Å²) in [6.45, 7) is 9.07. The number of carbonyl (C=O) groups excluding carboxylic acids is 1. The number of nitrogens with one attached hydrogen (secondary N) is 1. The number of primary amides is 1. The summed E-state index contributed by atoms with van der Waals surface area (Å²) in [6, 6.07) is 16.7. The molecule has 138 valence electrons. The molecule has 26 heavy (non-hydrogen) atoms. The first-order valence-corrected chi connectivity index (χ1v) is 9.23. The van der Waals surface area contributed by atoms with E-state index < -0.39 is 0 Å². The average Bonchev–Trinajstić information content (AvgIpc) is 2.66. The van der Waals surface area contributed by atoms with E-state index in [0.717, 1.165) is 44.0 Å². The molecule has 0 aliphatic carbocycles. The summed E-state index contributed by atoms with van der Waals surface area (Å²) >= 11 is 0. The summed E-state index contributed by atoms with van der Waals surface area (Å²) in [5.41, 5.74) is 9.16. The largest absolute Gasteiger partial charge is 0.383 e. The Morgan fingerprint density at radius 1 is 1.08 bits per heavy atom. The Morgan fingerprint density at radius 2 is 1.77 bits per heavy atom. The highest BCUT2D eigenvalue weighted by molar-refractivity contribution is 5.99. The van der Waals surface area contributed by atoms with Crippen LogP contribution >= 0.6 is 0 Å². The fourth-order valence-electron chi connectivity index (χ4n) is 3.59. The minimum Gasteiger partial charge on any atom is -0.383 e. The van der Waals surface area contributed by atoms with E-state index in [9.17, 15) is 4.79 Å². The lowest BCUT2D eigenvalue weighted by Crippen LogP contribution is -2.51. The summed E-state index contributed by atoms with van der Waals surface area (Å²) in [5.74, 6) is -0.380. The Kier molecular flexibility index (Phi) is 5.78. The fourth-order valence-corrected chi connectivity index (χ4v) is 3.59. The third-order valence-corrected chi connectivity index (χ3v) is 5.17. The van der Waals surface area contributed by atoms with Crippen molar-refractivity contribution in [2.45, 2.75) is 19.9 Å². The third kappa shape index (κ3) is 4.17. The lowest BCUT2D eigenvalue weighted by Gasteiger charge is -2.39. The number of carbonyl (C=O) groups is 1. The Labute approximate surface area is 155 Å². The van der Waals surface area contributed by atoms with E-state index in [1.807, 2.05) is 25.1 Å². The van der Waals surface area contributed by atoms with E-state index in [0.29, 0.717) is 11.6 Å². The molecule has 0 aromatic heterocycles. The van der Waals surface area contributed by atoms with Crippen molar-refractivity contribution in [1.82, 2.24) is 4.90 Å². The SMILES string of the molecule is Cc1cccc(NCC(C)N2CCN(c3ccccc3)CC2)c1C(N)=O. The first-order valence-electron chi connectivity index (χ1n) is 9.23. The van der Waals surface area contributed by atoms with E-state index in [1.165, 1.54) is 5.69 Å². The second-order valence-electron chi connectivity index (χ2n) is 6.95. The summed E-state index contributed by atoms with van der Waals surface area (Å²) in [4.78, 5) is 16.7. The molecule has 0 spiro atoms. The maximum Gasteiger partial charge on any atom is 0.251 e. The molecule has 2 aromatic carbocycles. The van der Waals surface area contributed by atoms with Gasteiger partial charge in [-0.25, -0.2) is 0 Å². The molecule has 0 saturated carbocycles. The average molecular weight is 352 g/mol. The van der Waals surface area contributed by atoms with E-state index in [2.05, 4.69) is 52.4 Å². The number of piperazine rings is 1. The standard InChI is InChI=1S/C21H28N4O/c1-16-7-6-10-19(20(16)21(22)26)23-15-17(2)24-11-13-25(14-12-24)18-8-4-3-5-9-18/h3-10,17,23H,11-15H2,1-2H3,(H2,22,26). The van der Waals surface area contributed by atoms with Crippen LogP contribution in [0.25, 0.3) is 0 Å². The van der Waals surface area contributed by atoms with Crippen LogP contribution in [0.3, 0.4) is 0 Å². The highest BCUT2D eigenvalue weighted by Gasteiger charge is 2.21. The first kappa shape index (κ1) is 18.3. The topological polar surface area (TPSA) is 61.6 Å². The van der Waals surface area contributed by atoms with Crippen LogP contribution in [0.5, 0.6) is 0 Å². The van der Waals surface area contributed by atoms with Crippen molar-refractivity contribution in [2.75, 3.05) is 42.9 Å². The number of para-hydroxylation sites is 1. The van der Waals surface area contributed by atoms with Gasteiger partial charge < -0.3 is 16.0 Å². The van der Waals surface area contributed by atoms with Crippen LogP contribution in [0.2, 0.25) is 0 Å². The second-order valence-corrected chi connectivity index (χ2v) is 6.95. The predicted octanol–water partition coefficient (Wildman–Crippen LogP) is 2.72. The molecule has 1 heterocycles. The zero-order valence-corrected chi connectivity index (χ0v) is 15.6. The molecule has 3 N–H and O–H groups in total. The Hall–Kier alpha value is -2.53. The van der Waals surface area contributed by atoms with Gasteiger partial charge >= 0.3 is 0 Å². The van der Waals surface area contributed by atoms with E-state index >= 15 is 0 Å². The van der Waals surface area contributed by atoms with Crippen LogP contribution in [0.4, 0.5) is 11.4 Å². The number of rotatable bonds is 6. The van der Waals surface area contributed by atoms with Crippen LogP contribution in [-0.4, -0.2) is 49.6 Å². The van der Waals surface area contributed by atoms with Gasteiger partial charge in [-0.1, -0.05) is 30.3 Å². The molecule has 1 amide bonds. The minimum absolute atomic E-state index is 0.380. The number of nitrogens with two attached hydrogens (primary N) is 1. The van der Waals surface area contributed by atoms with Gasteiger partial charge in [-0.3, -0.25) is 9.69 Å². The summed E-state index contributed by atoms with van der Waals surface area (Å²) in [6.07, 6.45) is 0. The zero-order valence-electron chi connectivity index (χ0n) is 15.6. The third-order valence-electron chi connectivity index (χ3n) is 5.17. The van der Waals surface area contributed by atoms with Gasteiger partial charge in [0.05, 0.1) is 5.56 Å². The molecule has 3 rings (SSSR count). The van der Waals surface area contributed by atoms with Crippen LogP contribution in [0.15, 0.2) is 48.5 Å². The molecule has 1 saturated heterocycles. The Morgan fingerprint density at radius 3 is 2.42 bits per heavy atom. The maximum absolute atomic E-state index is 11.7. The number of anilines is 2. The highest BCUT2D eigenvalue weighted by atomic mass is 16.1. The van der Waals surface area contributed by atoms with Gasteiger partial charge in [0, 0.05) is 50.1 Å². The van der Waals surface area contributed by atoms with Crippen molar-refractivity contribution in [3.63, 3.8) is 0 Å². The fraction of sp³-hybridized carbons (Fsp3) is 0.381. The van der Waals surface area contributed by atoms with Gasteiger partial charge in [-0.15, -0.1) is 0 Å². The van der Waals surface area contributed by atoms with Gasteiger partial charge in [0.2, 0.25) is 0 Å². The Bertz CT molecular complexity index is 739. The molecule has 1 aliphatic heterocycles. The number of nitrogens with zero attached hydrogens (tertiary/aromatic N) is 2. The van der Waals surface area contributed by atoms with Crippen molar-refractivity contribution in [2.24, 2.45) is 5.73 Å². The van der Waals surface area contributed by atoms with E-state index in [-0.39, 0.29) is 5.91 Å². The van der Waals surface area contributed by atoms with Gasteiger partial charge in [-0.05, 0) is 37.6 Å². The highest BCUT2D eigenvalue weighted by Crippen LogP contribution is 2.20. The van der Waals surface area contributed by atoms with E-state index in [4.69, 9.17) is 5.73 Å². The van der Waals surface area contributed by atoms with Gasteiger partial charge in [-0.2, -0.15) is 0 Å². The second kappa shape index (κ2) is 8.23. The van der Waals surface area contributed by atoms with Crippen molar-refractivity contribution < 1.29 is 4.79 Å². The molecular weight excluding hydrogens is 324 g/mol. The molecule has 1 unspecified atom stereocenters. The van der Waals surface area contributed by atoms with Crippen molar-refractivity contribution >= 4 is 17.3 Å². The van der Waals surface area contributed by atoms with E-state index in [1.54, 1.807) is 0 Å². The lowest BCUT2D eigenvalue weighted by molar-refractivity contribution is 0.100. The molecule has 2 aromatic rings. The molecule has 1 atom stereocenters. The van der Waals surface area contributed by atoms with Crippen LogP contribution < -0.4 is 16.0 Å². The maximum atomic E-state index is 11.7. The number of amides is 1. The van der Waals surface area contributed by atoms with Crippen molar-refractivity contribution in [3.05, 3.63) is 59.7 Å². The molecule has 5 nitrogen and oxygen atoms in total. The van der Waals surface area contributed by atoms with Gasteiger partial charge in [0.25, 0.3) is 5.91 Å². The van der Waals surface area contributed by atoms with Crippen LogP contribution in [0.1, 0.15) is 22.8 Å². The van der Waals surface area contributed by atoms with Crippen LogP contribution in [0, 0.1) is 6.92 Å². The zero-order chi connectivity index (χ0) is 18.5. The number of hydrogen-bond acceptors (Lipinski definition) is 4. The number of benzene rings is 2. The van der Waals surface area contributed by atoms with Gasteiger partial charge in [0.15, 0.2) is 0 Å². The summed E-state index contributed by atoms with van der Waals surface area (Å²) in [5, 5.41) is 3.42. The first-order chi connectivity index (χ1) is 12.6. The normalized spacial score (nSPS) is 16.3. The van der Waals surface area contributed by atoms with Gasteiger partial charge in [0.1, 0.15) is 0 Å². The molecule has 0 bridgehead atoms. The smallest absolute Gasteiger partial charge is 0.251 e. The lowest BCUT2D eigenvalue weighted by atomic mass is 10.1. The quantitative estimate of drug-likeness (QED) is 0.839. The monoisotopic (exact) mass is 352 g/mol. The minimum atomic E-state index is -0.380. The van der Waals surface area contributed by atoms with Crippen molar-refractivity contribution in [3.8, 4) is 0 Å². The Balaban J connectivity index is 1.55. The number of aryl methyl sites for hydroxylation is 1. The summed E-state index contributed by atoms with van der Waals surface area (Å²) in [7, 11) is 0. The number of hydrogen-bond donors (Lipinski definition) is 2. The van der Waals surface area contributed by atoms with Crippen molar-refractivity contribution in [1.29, 1.82) is 0 Å². The molecule has 1 fully saturated rings. The molecule has 5 heteroatoms. The molecule has 0 radical (unpaired) electrons.